The summed E-state index contributed by atoms with van der Waals surface area (Å²) in [6.45, 7) is 2.01. The van der Waals surface area contributed by atoms with Crippen molar-refractivity contribution in [2.24, 2.45) is 5.73 Å². The molecule has 0 saturated carbocycles. The van der Waals surface area contributed by atoms with Gasteiger partial charge in [0.2, 0.25) is 5.13 Å². The lowest BCUT2D eigenvalue weighted by Crippen LogP contribution is -2.36. The minimum Gasteiger partial charge on any atom is -0.497 e. The summed E-state index contributed by atoms with van der Waals surface area (Å²) in [7, 11) is 3.24. The van der Waals surface area contributed by atoms with Crippen molar-refractivity contribution in [1.29, 1.82) is 0 Å². The largest absolute Gasteiger partial charge is 0.497 e. The van der Waals surface area contributed by atoms with Crippen molar-refractivity contribution in [3.05, 3.63) is 65.5 Å². The van der Waals surface area contributed by atoms with Crippen LogP contribution in [0.2, 0.25) is 0 Å². The molecule has 0 spiro atoms. The van der Waals surface area contributed by atoms with Crippen LogP contribution in [0.3, 0.4) is 0 Å². The molecule has 0 saturated heterocycles. The molecule has 3 rings (SSSR count). The molecule has 2 aromatic carbocycles. The minimum absolute atomic E-state index is 0.0342. The van der Waals surface area contributed by atoms with Crippen molar-refractivity contribution in [2.75, 3.05) is 19.5 Å². The Balaban J connectivity index is 1.75. The second-order valence-electron chi connectivity index (χ2n) is 7.20. The number of hydrogen-bond donors (Lipinski definition) is 2. The first kappa shape index (κ1) is 22.7. The Bertz CT molecular complexity index is 990. The zero-order valence-electron chi connectivity index (χ0n) is 18.0. The number of methoxy groups -OCH3 is 2. The fourth-order valence-corrected chi connectivity index (χ4v) is 3.85. The Labute approximate surface area is 186 Å². The maximum atomic E-state index is 13.2. The molecule has 31 heavy (non-hydrogen) atoms. The van der Waals surface area contributed by atoms with Gasteiger partial charge in [-0.15, -0.1) is 0 Å². The Morgan fingerprint density at radius 3 is 2.55 bits per heavy atom. The average Bonchev–Trinajstić information content (AvgIpc) is 3.25. The first-order chi connectivity index (χ1) is 15.0. The molecule has 0 aliphatic heterocycles. The molecule has 7 nitrogen and oxygen atoms in total. The number of nitrogens with one attached hydrogen (secondary N) is 1. The van der Waals surface area contributed by atoms with E-state index in [1.807, 2.05) is 31.2 Å². The molecule has 2 atom stereocenters. The molecular weight excluding hydrogens is 412 g/mol. The lowest BCUT2D eigenvalue weighted by atomic mass is 9.97. The molecule has 3 aromatic rings. The number of nitrogens with zero attached hydrogens (tertiary/aromatic N) is 2. The molecule has 1 heterocycles. The predicted molar refractivity (Wildman–Crippen MR) is 123 cm³/mol. The first-order valence-electron chi connectivity index (χ1n) is 10.2. The van der Waals surface area contributed by atoms with Gasteiger partial charge in [-0.05, 0) is 43.2 Å². The maximum absolute atomic E-state index is 13.2. The summed E-state index contributed by atoms with van der Waals surface area (Å²) in [6, 6.07) is 14.3. The van der Waals surface area contributed by atoms with Crippen LogP contribution in [0.1, 0.15) is 41.5 Å². The Hall–Kier alpha value is -2.97. The quantitative estimate of drug-likeness (QED) is 0.436. The standard InChI is InChI=1S/C23H28N4O3S/c1-4-17(24)14-19(22(28)15-9-11-18(29-2)12-10-15)25-23-26-21(27-31-23)13-16-7-5-6-8-20(16)30-3/h5-12,17,19H,4,13-14,24H2,1-3H3,(H,25,26,27). The predicted octanol–water partition coefficient (Wildman–Crippen LogP) is 3.94. The van der Waals surface area contributed by atoms with Gasteiger partial charge in [-0.1, -0.05) is 25.1 Å². The summed E-state index contributed by atoms with van der Waals surface area (Å²) < 4.78 is 15.0. The molecule has 0 aliphatic rings. The topological polar surface area (TPSA) is 99.4 Å². The van der Waals surface area contributed by atoms with E-state index in [9.17, 15) is 4.79 Å². The van der Waals surface area contributed by atoms with Gasteiger partial charge in [0, 0.05) is 35.1 Å². The highest BCUT2D eigenvalue weighted by molar-refractivity contribution is 7.09. The zero-order valence-corrected chi connectivity index (χ0v) is 18.8. The minimum atomic E-state index is -0.490. The van der Waals surface area contributed by atoms with E-state index in [1.54, 1.807) is 38.5 Å². The fourth-order valence-electron chi connectivity index (χ4n) is 3.21. The number of carbonyl (C=O) groups is 1. The van der Waals surface area contributed by atoms with E-state index in [1.165, 1.54) is 11.5 Å². The number of carbonyl (C=O) groups excluding carboxylic acids is 1. The molecule has 0 bridgehead atoms. The van der Waals surface area contributed by atoms with Crippen molar-refractivity contribution in [2.45, 2.75) is 38.3 Å². The Morgan fingerprint density at radius 1 is 1.13 bits per heavy atom. The lowest BCUT2D eigenvalue weighted by molar-refractivity contribution is 0.0962. The SMILES string of the molecule is CCC(N)CC(Nc1nc(Cc2ccccc2OC)ns1)C(=O)c1ccc(OC)cc1. The summed E-state index contributed by atoms with van der Waals surface area (Å²) in [5.41, 5.74) is 7.77. The third kappa shape index (κ3) is 6.02. The number of hydrogen-bond acceptors (Lipinski definition) is 8. The van der Waals surface area contributed by atoms with E-state index < -0.39 is 6.04 Å². The van der Waals surface area contributed by atoms with Gasteiger partial charge < -0.3 is 20.5 Å². The molecular formula is C23H28N4O3S. The molecule has 0 fully saturated rings. The van der Waals surface area contributed by atoms with E-state index in [0.717, 1.165) is 17.7 Å². The molecule has 3 N–H and O–H groups in total. The van der Waals surface area contributed by atoms with Crippen LogP contribution in [-0.2, 0) is 6.42 Å². The van der Waals surface area contributed by atoms with Crippen LogP contribution in [0.5, 0.6) is 11.5 Å². The summed E-state index contributed by atoms with van der Waals surface area (Å²) in [5.74, 6) is 2.14. The van der Waals surface area contributed by atoms with Crippen LogP contribution in [-0.4, -0.2) is 41.4 Å². The van der Waals surface area contributed by atoms with Crippen LogP contribution in [0, 0.1) is 0 Å². The number of benzene rings is 2. The number of ketones is 1. The van der Waals surface area contributed by atoms with Crippen LogP contribution >= 0.6 is 11.5 Å². The Kier molecular flexibility index (Phi) is 7.97. The third-order valence-corrected chi connectivity index (χ3v) is 5.74. The third-order valence-electron chi connectivity index (χ3n) is 5.06. The summed E-state index contributed by atoms with van der Waals surface area (Å²) in [6.07, 6.45) is 1.83. The number of Topliss-reactive ketones (excluding diaryl/α,β-unsaturated/α-hetero) is 1. The fraction of sp³-hybridized carbons (Fsp3) is 0.348. The number of para-hydroxylation sites is 1. The van der Waals surface area contributed by atoms with Gasteiger partial charge in [-0.3, -0.25) is 4.79 Å². The van der Waals surface area contributed by atoms with Crippen LogP contribution in [0.4, 0.5) is 5.13 Å². The van der Waals surface area contributed by atoms with E-state index in [2.05, 4.69) is 14.7 Å². The van der Waals surface area contributed by atoms with E-state index in [-0.39, 0.29) is 11.8 Å². The van der Waals surface area contributed by atoms with Gasteiger partial charge in [-0.2, -0.15) is 4.37 Å². The molecule has 0 aliphatic carbocycles. The molecule has 164 valence electrons. The van der Waals surface area contributed by atoms with Crippen molar-refractivity contribution >= 4 is 22.4 Å². The van der Waals surface area contributed by atoms with Gasteiger partial charge in [0.25, 0.3) is 0 Å². The van der Waals surface area contributed by atoms with Crippen LogP contribution in [0.25, 0.3) is 0 Å². The van der Waals surface area contributed by atoms with Crippen molar-refractivity contribution in [1.82, 2.24) is 9.36 Å². The summed E-state index contributed by atoms with van der Waals surface area (Å²) >= 11 is 1.24. The van der Waals surface area contributed by atoms with Crippen LogP contribution in [0.15, 0.2) is 48.5 Å². The maximum Gasteiger partial charge on any atom is 0.203 e. The summed E-state index contributed by atoms with van der Waals surface area (Å²) in [5, 5.41) is 3.86. The average molecular weight is 441 g/mol. The highest BCUT2D eigenvalue weighted by atomic mass is 32.1. The van der Waals surface area contributed by atoms with Gasteiger partial charge in [0.05, 0.1) is 20.3 Å². The lowest BCUT2D eigenvalue weighted by Gasteiger charge is -2.20. The number of nitrogens with two attached hydrogens (primary N) is 1. The monoisotopic (exact) mass is 440 g/mol. The normalized spacial score (nSPS) is 12.8. The van der Waals surface area contributed by atoms with E-state index in [0.29, 0.717) is 35.1 Å². The molecule has 0 radical (unpaired) electrons. The number of anilines is 1. The summed E-state index contributed by atoms with van der Waals surface area (Å²) in [4.78, 5) is 17.7. The molecule has 0 amide bonds. The van der Waals surface area contributed by atoms with Gasteiger partial charge in [-0.25, -0.2) is 4.98 Å². The number of ether oxygens (including phenoxy) is 2. The van der Waals surface area contributed by atoms with E-state index in [4.69, 9.17) is 15.2 Å². The number of rotatable bonds is 11. The van der Waals surface area contributed by atoms with Crippen LogP contribution < -0.4 is 20.5 Å². The molecule has 8 heteroatoms. The van der Waals surface area contributed by atoms with Gasteiger partial charge in [0.1, 0.15) is 17.3 Å². The highest BCUT2D eigenvalue weighted by Gasteiger charge is 2.24. The second kappa shape index (κ2) is 10.9. The first-order valence-corrected chi connectivity index (χ1v) is 11.0. The zero-order chi connectivity index (χ0) is 22.2. The highest BCUT2D eigenvalue weighted by Crippen LogP contribution is 2.23. The van der Waals surface area contributed by atoms with E-state index >= 15 is 0 Å². The van der Waals surface area contributed by atoms with Crippen molar-refractivity contribution in [3.63, 3.8) is 0 Å². The molecule has 1 aromatic heterocycles. The smallest absolute Gasteiger partial charge is 0.203 e. The van der Waals surface area contributed by atoms with Crippen molar-refractivity contribution in [3.8, 4) is 11.5 Å². The number of aromatic nitrogens is 2. The Morgan fingerprint density at radius 2 is 1.87 bits per heavy atom. The molecule has 2 unspecified atom stereocenters. The van der Waals surface area contributed by atoms with Gasteiger partial charge in [0.15, 0.2) is 5.78 Å². The van der Waals surface area contributed by atoms with Gasteiger partial charge >= 0.3 is 0 Å². The van der Waals surface area contributed by atoms with Crippen molar-refractivity contribution < 1.29 is 14.3 Å². The second-order valence-corrected chi connectivity index (χ2v) is 7.95.